The molecule has 1 aromatic carbocycles. The Hall–Kier alpha value is -1.94. The highest BCUT2D eigenvalue weighted by Crippen LogP contribution is 2.23. The Balaban J connectivity index is 1.43. The van der Waals surface area contributed by atoms with Crippen LogP contribution in [0, 0.1) is 5.92 Å². The molecule has 2 atom stereocenters. The number of nitrogens with zero attached hydrogens (tertiary/aromatic N) is 2. The summed E-state index contributed by atoms with van der Waals surface area (Å²) in [5, 5.41) is 0. The molecule has 1 fully saturated rings. The third kappa shape index (κ3) is 6.62. The maximum atomic E-state index is 5.84. The molecule has 2 unspecified atom stereocenters. The van der Waals surface area contributed by atoms with E-state index < -0.39 is 0 Å². The summed E-state index contributed by atoms with van der Waals surface area (Å²) in [4.78, 5) is 9.09. The fraction of sp³-hybridized carbons (Fsp3) is 0.565. The van der Waals surface area contributed by atoms with E-state index in [1.165, 1.54) is 44.1 Å². The molecular weight excluding hydrogens is 336 g/mol. The Kier molecular flexibility index (Phi) is 7.64. The van der Waals surface area contributed by atoms with Crippen LogP contribution < -0.4 is 4.74 Å². The largest absolute Gasteiger partial charge is 0.493 e. The Morgan fingerprint density at radius 3 is 2.37 bits per heavy atom. The zero-order chi connectivity index (χ0) is 18.9. The summed E-state index contributed by atoms with van der Waals surface area (Å²) in [5.74, 6) is 2.09. The van der Waals surface area contributed by atoms with E-state index in [0.29, 0.717) is 18.6 Å². The van der Waals surface area contributed by atoms with Crippen molar-refractivity contribution in [3.63, 3.8) is 0 Å². The van der Waals surface area contributed by atoms with Gasteiger partial charge in [0, 0.05) is 23.9 Å². The first-order valence-electron chi connectivity index (χ1n) is 10.4. The van der Waals surface area contributed by atoms with Crippen LogP contribution in [0.5, 0.6) is 5.75 Å². The van der Waals surface area contributed by atoms with Gasteiger partial charge in [0.15, 0.2) is 5.82 Å². The van der Waals surface area contributed by atoms with Crippen LogP contribution in [0.3, 0.4) is 0 Å². The van der Waals surface area contributed by atoms with Crippen molar-refractivity contribution in [3.8, 4) is 17.1 Å². The first-order valence-corrected chi connectivity index (χ1v) is 10.4. The third-order valence-electron chi connectivity index (χ3n) is 5.14. The summed E-state index contributed by atoms with van der Waals surface area (Å²) in [6.07, 6.45) is 13.3. The molecule has 0 spiro atoms. The van der Waals surface area contributed by atoms with Crippen molar-refractivity contribution in [3.05, 3.63) is 42.2 Å². The fourth-order valence-corrected chi connectivity index (χ4v) is 3.16. The molecule has 0 aliphatic carbocycles. The lowest BCUT2D eigenvalue weighted by Crippen LogP contribution is -2.14. The van der Waals surface area contributed by atoms with Gasteiger partial charge in [0.2, 0.25) is 0 Å². The van der Waals surface area contributed by atoms with Crippen LogP contribution in [-0.4, -0.2) is 29.3 Å². The lowest BCUT2D eigenvalue weighted by molar-refractivity contribution is 0.223. The first-order chi connectivity index (χ1) is 13.3. The van der Waals surface area contributed by atoms with Crippen molar-refractivity contribution in [1.82, 2.24) is 9.97 Å². The highest BCUT2D eigenvalue weighted by Gasteiger charge is 2.29. The lowest BCUT2D eigenvalue weighted by atomic mass is 10.1. The second-order valence-corrected chi connectivity index (χ2v) is 7.62. The number of hydrogen-bond donors (Lipinski definition) is 0. The second-order valence-electron chi connectivity index (χ2n) is 7.62. The molecule has 1 aromatic heterocycles. The van der Waals surface area contributed by atoms with E-state index in [2.05, 4.69) is 23.8 Å². The van der Waals surface area contributed by atoms with Crippen molar-refractivity contribution in [2.45, 2.75) is 64.9 Å². The van der Waals surface area contributed by atoms with Gasteiger partial charge in [0.05, 0.1) is 19.3 Å². The van der Waals surface area contributed by atoms with Crippen LogP contribution in [0.1, 0.15) is 57.9 Å². The Bertz CT molecular complexity index is 666. The normalized spacial score (nSPS) is 16.9. The van der Waals surface area contributed by atoms with Crippen molar-refractivity contribution in [2.75, 3.05) is 13.2 Å². The molecule has 3 rings (SSSR count). The number of aryl methyl sites for hydroxylation is 1. The van der Waals surface area contributed by atoms with Gasteiger partial charge >= 0.3 is 0 Å². The van der Waals surface area contributed by atoms with E-state index in [1.807, 2.05) is 36.7 Å². The zero-order valence-electron chi connectivity index (χ0n) is 16.7. The Morgan fingerprint density at radius 1 is 1.04 bits per heavy atom. The van der Waals surface area contributed by atoms with E-state index >= 15 is 0 Å². The smallest absolute Gasteiger partial charge is 0.159 e. The van der Waals surface area contributed by atoms with E-state index in [0.717, 1.165) is 30.2 Å². The average molecular weight is 369 g/mol. The van der Waals surface area contributed by atoms with Gasteiger partial charge in [0.1, 0.15) is 5.75 Å². The SMILES string of the molecule is CCCCCCCCc1cnc(-c2ccc(OCC(C)C3CO3)cc2)nc1. The van der Waals surface area contributed by atoms with Crippen LogP contribution in [-0.2, 0) is 11.2 Å². The molecule has 1 aliphatic heterocycles. The van der Waals surface area contributed by atoms with Gasteiger partial charge < -0.3 is 9.47 Å². The molecule has 1 aliphatic rings. The standard InChI is InChI=1S/C23H32N2O2/c1-3-4-5-6-7-8-9-19-14-24-23(25-15-19)20-10-12-21(13-11-20)26-16-18(2)22-17-27-22/h10-15,18,22H,3-9,16-17H2,1-2H3. The maximum Gasteiger partial charge on any atom is 0.159 e. The van der Waals surface area contributed by atoms with E-state index in [1.54, 1.807) is 0 Å². The van der Waals surface area contributed by atoms with Crippen molar-refractivity contribution < 1.29 is 9.47 Å². The Labute approximate surface area is 163 Å². The molecule has 0 N–H and O–H groups in total. The van der Waals surface area contributed by atoms with Gasteiger partial charge in [-0.3, -0.25) is 0 Å². The monoisotopic (exact) mass is 368 g/mol. The van der Waals surface area contributed by atoms with Crippen LogP contribution in [0.15, 0.2) is 36.7 Å². The summed E-state index contributed by atoms with van der Waals surface area (Å²) < 4.78 is 11.1. The first kappa shape index (κ1) is 19.8. The molecule has 2 heterocycles. The van der Waals surface area contributed by atoms with E-state index in [-0.39, 0.29) is 0 Å². The van der Waals surface area contributed by atoms with Gasteiger partial charge in [-0.1, -0.05) is 46.0 Å². The quantitative estimate of drug-likeness (QED) is 0.369. The minimum Gasteiger partial charge on any atom is -0.493 e. The number of aromatic nitrogens is 2. The molecular formula is C23H32N2O2. The fourth-order valence-electron chi connectivity index (χ4n) is 3.16. The molecule has 0 bridgehead atoms. The molecule has 2 aromatic rings. The highest BCUT2D eigenvalue weighted by atomic mass is 16.6. The Morgan fingerprint density at radius 2 is 1.70 bits per heavy atom. The van der Waals surface area contributed by atoms with Crippen LogP contribution >= 0.6 is 0 Å². The van der Waals surface area contributed by atoms with E-state index in [9.17, 15) is 0 Å². The molecule has 4 heteroatoms. The third-order valence-corrected chi connectivity index (χ3v) is 5.14. The van der Waals surface area contributed by atoms with Crippen LogP contribution in [0.2, 0.25) is 0 Å². The predicted octanol–water partition coefficient (Wildman–Crippen LogP) is 5.46. The number of benzene rings is 1. The molecule has 27 heavy (non-hydrogen) atoms. The van der Waals surface area contributed by atoms with Gasteiger partial charge in [-0.15, -0.1) is 0 Å². The summed E-state index contributed by atoms with van der Waals surface area (Å²) in [7, 11) is 0. The topological polar surface area (TPSA) is 47.5 Å². The zero-order valence-corrected chi connectivity index (χ0v) is 16.7. The number of rotatable bonds is 12. The van der Waals surface area contributed by atoms with Gasteiger partial charge in [0.25, 0.3) is 0 Å². The summed E-state index contributed by atoms with van der Waals surface area (Å²) in [6, 6.07) is 8.03. The summed E-state index contributed by atoms with van der Waals surface area (Å²) in [6.45, 7) is 5.97. The minimum atomic E-state index is 0.382. The second kappa shape index (κ2) is 10.4. The summed E-state index contributed by atoms with van der Waals surface area (Å²) >= 11 is 0. The minimum absolute atomic E-state index is 0.382. The van der Waals surface area contributed by atoms with Crippen molar-refractivity contribution >= 4 is 0 Å². The number of ether oxygens (including phenoxy) is 2. The number of hydrogen-bond acceptors (Lipinski definition) is 4. The van der Waals surface area contributed by atoms with Gasteiger partial charge in [-0.2, -0.15) is 0 Å². The van der Waals surface area contributed by atoms with Gasteiger partial charge in [-0.25, -0.2) is 9.97 Å². The maximum absolute atomic E-state index is 5.84. The molecule has 0 amide bonds. The van der Waals surface area contributed by atoms with Gasteiger partial charge in [-0.05, 0) is 42.7 Å². The predicted molar refractivity (Wildman–Crippen MR) is 109 cm³/mol. The average Bonchev–Trinajstić information content (AvgIpc) is 3.55. The molecule has 4 nitrogen and oxygen atoms in total. The van der Waals surface area contributed by atoms with Crippen molar-refractivity contribution in [2.24, 2.45) is 5.92 Å². The van der Waals surface area contributed by atoms with Crippen LogP contribution in [0.25, 0.3) is 11.4 Å². The van der Waals surface area contributed by atoms with E-state index in [4.69, 9.17) is 9.47 Å². The van der Waals surface area contributed by atoms with Crippen LogP contribution in [0.4, 0.5) is 0 Å². The summed E-state index contributed by atoms with van der Waals surface area (Å²) in [5.41, 5.74) is 2.25. The number of epoxide rings is 1. The molecule has 1 saturated heterocycles. The molecule has 0 saturated carbocycles. The highest BCUT2D eigenvalue weighted by molar-refractivity contribution is 5.55. The molecule has 0 radical (unpaired) electrons. The lowest BCUT2D eigenvalue weighted by Gasteiger charge is -2.11. The molecule has 146 valence electrons. The van der Waals surface area contributed by atoms with Crippen molar-refractivity contribution in [1.29, 1.82) is 0 Å². The number of unbranched alkanes of at least 4 members (excludes halogenated alkanes) is 5.